The van der Waals surface area contributed by atoms with Crippen molar-refractivity contribution in [1.82, 2.24) is 5.32 Å². The van der Waals surface area contributed by atoms with Crippen LogP contribution in [0.1, 0.15) is 36.1 Å². The van der Waals surface area contributed by atoms with Gasteiger partial charge >= 0.3 is 5.97 Å². The molecular formula is C15H21NO3. The number of hydrogen-bond donors (Lipinski definition) is 2. The smallest absolute Gasteiger partial charge is 0.307 e. The molecule has 0 aliphatic carbocycles. The zero-order chi connectivity index (χ0) is 14.6. The Bertz CT molecular complexity index is 494. The van der Waals surface area contributed by atoms with E-state index in [9.17, 15) is 9.59 Å². The van der Waals surface area contributed by atoms with Crippen molar-refractivity contribution in [3.8, 4) is 0 Å². The Morgan fingerprint density at radius 2 is 1.74 bits per heavy atom. The SMILES string of the molecule is CC(=O)NC(C)Cc1cc(C)c(C)cc1CC(=O)O. The molecule has 1 unspecified atom stereocenters. The molecule has 0 saturated heterocycles. The van der Waals surface area contributed by atoms with E-state index in [-0.39, 0.29) is 18.4 Å². The number of carbonyl (C=O) groups excluding carboxylic acids is 1. The number of hydrogen-bond acceptors (Lipinski definition) is 2. The Morgan fingerprint density at radius 3 is 2.21 bits per heavy atom. The molecule has 0 radical (unpaired) electrons. The van der Waals surface area contributed by atoms with Crippen molar-refractivity contribution in [3.63, 3.8) is 0 Å². The number of aryl methyl sites for hydroxylation is 2. The second-order valence-electron chi connectivity index (χ2n) is 5.08. The van der Waals surface area contributed by atoms with Crippen LogP contribution in [0, 0.1) is 13.8 Å². The first-order chi connectivity index (χ1) is 8.79. The van der Waals surface area contributed by atoms with Gasteiger partial charge in [0, 0.05) is 13.0 Å². The van der Waals surface area contributed by atoms with E-state index in [0.717, 1.165) is 22.3 Å². The molecule has 1 aromatic carbocycles. The second-order valence-corrected chi connectivity index (χ2v) is 5.08. The van der Waals surface area contributed by atoms with E-state index in [1.807, 2.05) is 32.9 Å². The highest BCUT2D eigenvalue weighted by Crippen LogP contribution is 2.18. The van der Waals surface area contributed by atoms with Gasteiger partial charge in [-0.3, -0.25) is 9.59 Å². The van der Waals surface area contributed by atoms with Gasteiger partial charge in [-0.15, -0.1) is 0 Å². The van der Waals surface area contributed by atoms with Gasteiger partial charge in [-0.2, -0.15) is 0 Å². The number of amides is 1. The highest BCUT2D eigenvalue weighted by atomic mass is 16.4. The summed E-state index contributed by atoms with van der Waals surface area (Å²) in [6.07, 6.45) is 0.659. The summed E-state index contributed by atoms with van der Waals surface area (Å²) in [7, 11) is 0. The summed E-state index contributed by atoms with van der Waals surface area (Å²) < 4.78 is 0. The Labute approximate surface area is 113 Å². The number of rotatable bonds is 5. The van der Waals surface area contributed by atoms with Gasteiger partial charge < -0.3 is 10.4 Å². The molecule has 4 heteroatoms. The van der Waals surface area contributed by atoms with E-state index < -0.39 is 5.97 Å². The summed E-state index contributed by atoms with van der Waals surface area (Å²) >= 11 is 0. The zero-order valence-corrected chi connectivity index (χ0v) is 11.9. The molecule has 104 valence electrons. The van der Waals surface area contributed by atoms with E-state index in [4.69, 9.17) is 5.11 Å². The maximum atomic E-state index is 11.0. The monoisotopic (exact) mass is 263 g/mol. The standard InChI is InChI=1S/C15H21NO3/c1-9-5-13(7-11(3)16-12(4)17)14(6-10(9)2)8-15(18)19/h5-6,11H,7-8H2,1-4H3,(H,16,17)(H,18,19). The predicted octanol–water partition coefficient (Wildman–Crippen LogP) is 2.00. The van der Waals surface area contributed by atoms with Crippen molar-refractivity contribution in [2.75, 3.05) is 0 Å². The minimum atomic E-state index is -0.836. The van der Waals surface area contributed by atoms with Crippen LogP contribution >= 0.6 is 0 Å². The molecule has 2 N–H and O–H groups in total. The third-order valence-electron chi connectivity index (χ3n) is 3.13. The van der Waals surface area contributed by atoms with Gasteiger partial charge in [-0.25, -0.2) is 0 Å². The number of carboxylic acids is 1. The second kappa shape index (κ2) is 6.36. The lowest BCUT2D eigenvalue weighted by atomic mass is 9.94. The first-order valence-corrected chi connectivity index (χ1v) is 6.37. The highest BCUT2D eigenvalue weighted by Gasteiger charge is 2.12. The number of carboxylic acid groups (broad SMARTS) is 1. The van der Waals surface area contributed by atoms with E-state index in [2.05, 4.69) is 5.32 Å². The van der Waals surface area contributed by atoms with Crippen LogP contribution in [0.2, 0.25) is 0 Å². The number of benzene rings is 1. The molecule has 0 spiro atoms. The van der Waals surface area contributed by atoms with Crippen molar-refractivity contribution < 1.29 is 14.7 Å². The summed E-state index contributed by atoms with van der Waals surface area (Å²) in [6.45, 7) is 7.38. The van der Waals surface area contributed by atoms with Gasteiger partial charge in [0.1, 0.15) is 0 Å². The molecule has 1 aromatic rings. The van der Waals surface area contributed by atoms with E-state index in [1.165, 1.54) is 6.92 Å². The Hall–Kier alpha value is -1.84. The Kier molecular flexibility index (Phi) is 5.10. The fourth-order valence-electron chi connectivity index (χ4n) is 2.18. The van der Waals surface area contributed by atoms with Gasteiger partial charge in [0.05, 0.1) is 6.42 Å². The third-order valence-corrected chi connectivity index (χ3v) is 3.13. The van der Waals surface area contributed by atoms with Gasteiger partial charge in [-0.1, -0.05) is 12.1 Å². The molecular weight excluding hydrogens is 242 g/mol. The van der Waals surface area contributed by atoms with Crippen LogP contribution in [0.5, 0.6) is 0 Å². The first kappa shape index (κ1) is 15.2. The molecule has 0 aliphatic rings. The van der Waals surface area contributed by atoms with Gasteiger partial charge in [0.15, 0.2) is 0 Å². The third kappa shape index (κ3) is 4.73. The lowest BCUT2D eigenvalue weighted by Gasteiger charge is -2.17. The van der Waals surface area contributed by atoms with Crippen molar-refractivity contribution >= 4 is 11.9 Å². The summed E-state index contributed by atoms with van der Waals surface area (Å²) in [5.74, 6) is -0.909. The van der Waals surface area contributed by atoms with Gasteiger partial charge in [0.25, 0.3) is 0 Å². The molecule has 1 rings (SSSR count). The molecule has 0 bridgehead atoms. The van der Waals surface area contributed by atoms with Crippen molar-refractivity contribution in [2.45, 2.75) is 46.6 Å². The van der Waals surface area contributed by atoms with Crippen molar-refractivity contribution in [1.29, 1.82) is 0 Å². The van der Waals surface area contributed by atoms with Crippen LogP contribution in [-0.4, -0.2) is 23.0 Å². The Morgan fingerprint density at radius 1 is 1.21 bits per heavy atom. The first-order valence-electron chi connectivity index (χ1n) is 6.37. The normalized spacial score (nSPS) is 12.0. The molecule has 1 atom stereocenters. The predicted molar refractivity (Wildman–Crippen MR) is 74.2 cm³/mol. The number of carbonyl (C=O) groups is 2. The fourth-order valence-corrected chi connectivity index (χ4v) is 2.18. The molecule has 1 amide bonds. The van der Waals surface area contributed by atoms with Gasteiger partial charge in [-0.05, 0) is 49.4 Å². The molecule has 19 heavy (non-hydrogen) atoms. The maximum absolute atomic E-state index is 11.0. The van der Waals surface area contributed by atoms with Crippen LogP contribution in [-0.2, 0) is 22.4 Å². The zero-order valence-electron chi connectivity index (χ0n) is 11.9. The Balaban J connectivity index is 2.99. The summed E-state index contributed by atoms with van der Waals surface area (Å²) in [4.78, 5) is 21.9. The van der Waals surface area contributed by atoms with E-state index >= 15 is 0 Å². The summed E-state index contributed by atoms with van der Waals surface area (Å²) in [6, 6.07) is 3.94. The van der Waals surface area contributed by atoms with Crippen LogP contribution < -0.4 is 5.32 Å². The average Bonchev–Trinajstić information content (AvgIpc) is 2.23. The molecule has 0 fully saturated rings. The van der Waals surface area contributed by atoms with E-state index in [1.54, 1.807) is 0 Å². The summed E-state index contributed by atoms with van der Waals surface area (Å²) in [5, 5.41) is 11.8. The number of nitrogens with one attached hydrogen (secondary N) is 1. The maximum Gasteiger partial charge on any atom is 0.307 e. The van der Waals surface area contributed by atoms with Crippen LogP contribution in [0.25, 0.3) is 0 Å². The van der Waals surface area contributed by atoms with Crippen molar-refractivity contribution in [3.05, 3.63) is 34.4 Å². The number of aliphatic carboxylic acids is 1. The molecule has 4 nitrogen and oxygen atoms in total. The largest absolute Gasteiger partial charge is 0.481 e. The van der Waals surface area contributed by atoms with Gasteiger partial charge in [0.2, 0.25) is 5.91 Å². The minimum Gasteiger partial charge on any atom is -0.481 e. The molecule has 0 heterocycles. The highest BCUT2D eigenvalue weighted by molar-refractivity contribution is 5.73. The van der Waals surface area contributed by atoms with Crippen LogP contribution in [0.4, 0.5) is 0 Å². The van der Waals surface area contributed by atoms with Crippen molar-refractivity contribution in [2.24, 2.45) is 0 Å². The molecule has 0 saturated carbocycles. The summed E-state index contributed by atoms with van der Waals surface area (Å²) in [5.41, 5.74) is 4.05. The van der Waals surface area contributed by atoms with E-state index in [0.29, 0.717) is 6.42 Å². The van der Waals surface area contributed by atoms with Crippen LogP contribution in [0.3, 0.4) is 0 Å². The lowest BCUT2D eigenvalue weighted by Crippen LogP contribution is -2.32. The van der Waals surface area contributed by atoms with Crippen LogP contribution in [0.15, 0.2) is 12.1 Å². The molecule has 0 aromatic heterocycles. The topological polar surface area (TPSA) is 66.4 Å². The fraction of sp³-hybridized carbons (Fsp3) is 0.467. The lowest BCUT2D eigenvalue weighted by molar-refractivity contribution is -0.136. The average molecular weight is 263 g/mol. The quantitative estimate of drug-likeness (QED) is 0.854. The molecule has 0 aliphatic heterocycles. The minimum absolute atomic E-state index is 0.00727.